The Kier molecular flexibility index (Phi) is 2.45. The molecule has 2 atom stereocenters. The summed E-state index contributed by atoms with van der Waals surface area (Å²) < 4.78 is 0. The Labute approximate surface area is 128 Å². The van der Waals surface area contributed by atoms with Crippen LogP contribution in [0.15, 0.2) is 73.8 Å². The summed E-state index contributed by atoms with van der Waals surface area (Å²) in [5.41, 5.74) is -1.91. The first-order valence-corrected chi connectivity index (χ1v) is 7.24. The average molecular weight is 288 g/mol. The average Bonchev–Trinajstić information content (AvgIpc) is 2.58. The third-order valence-corrected chi connectivity index (χ3v) is 4.88. The van der Waals surface area contributed by atoms with Crippen LogP contribution in [-0.2, 0) is 11.2 Å². The maximum absolute atomic E-state index is 11.3. The predicted octanol–water partition coefficient (Wildman–Crippen LogP) is 3.75. The van der Waals surface area contributed by atoms with E-state index in [1.807, 2.05) is 48.5 Å². The Morgan fingerprint density at radius 2 is 1.09 bits per heavy atom. The molecule has 3 aromatic rings. The predicted molar refractivity (Wildman–Crippen MR) is 89.6 cm³/mol. The summed E-state index contributed by atoms with van der Waals surface area (Å²) in [5.74, 6) is 0. The molecular weight excluding hydrogens is 272 g/mol. The molecule has 0 saturated heterocycles. The number of hydrogen-bond acceptors (Lipinski definition) is 2. The van der Waals surface area contributed by atoms with Crippen molar-refractivity contribution in [1.29, 1.82) is 0 Å². The first-order valence-electron chi connectivity index (χ1n) is 7.24. The van der Waals surface area contributed by atoms with E-state index < -0.39 is 11.2 Å². The van der Waals surface area contributed by atoms with Crippen LogP contribution >= 0.6 is 0 Å². The summed E-state index contributed by atoms with van der Waals surface area (Å²) in [5, 5.41) is 26.5. The summed E-state index contributed by atoms with van der Waals surface area (Å²) in [6.07, 6.45) is 2.80. The van der Waals surface area contributed by atoms with Crippen LogP contribution in [0, 0.1) is 0 Å². The van der Waals surface area contributed by atoms with Crippen molar-refractivity contribution in [2.24, 2.45) is 0 Å². The van der Waals surface area contributed by atoms with E-state index in [0.717, 1.165) is 21.5 Å². The van der Waals surface area contributed by atoms with Gasteiger partial charge in [0, 0.05) is 0 Å². The Morgan fingerprint density at radius 3 is 1.45 bits per heavy atom. The fraction of sp³-hybridized carbons (Fsp3) is 0.100. The monoisotopic (exact) mass is 288 g/mol. The topological polar surface area (TPSA) is 40.5 Å². The van der Waals surface area contributed by atoms with Crippen LogP contribution < -0.4 is 0 Å². The SMILES string of the molecule is C=CC1(O)c2cccc3ccc4cccc(c4c23)C1(O)C=C. The van der Waals surface area contributed by atoms with Gasteiger partial charge in [0.25, 0.3) is 0 Å². The first kappa shape index (κ1) is 13.3. The van der Waals surface area contributed by atoms with Crippen LogP contribution in [-0.4, -0.2) is 10.2 Å². The highest BCUT2D eigenvalue weighted by molar-refractivity contribution is 6.13. The molecule has 0 amide bonds. The zero-order valence-corrected chi connectivity index (χ0v) is 12.1. The molecule has 0 aromatic heterocycles. The van der Waals surface area contributed by atoms with E-state index in [4.69, 9.17) is 0 Å². The fourth-order valence-corrected chi connectivity index (χ4v) is 3.73. The van der Waals surface area contributed by atoms with Crippen molar-refractivity contribution < 1.29 is 10.2 Å². The summed E-state index contributed by atoms with van der Waals surface area (Å²) in [7, 11) is 0. The van der Waals surface area contributed by atoms with Crippen LogP contribution in [0.25, 0.3) is 21.5 Å². The van der Waals surface area contributed by atoms with E-state index in [2.05, 4.69) is 13.2 Å². The Morgan fingerprint density at radius 1 is 0.682 bits per heavy atom. The van der Waals surface area contributed by atoms with E-state index in [-0.39, 0.29) is 0 Å². The second kappa shape index (κ2) is 4.07. The minimum Gasteiger partial charge on any atom is -0.377 e. The van der Waals surface area contributed by atoms with Crippen molar-refractivity contribution in [2.75, 3.05) is 0 Å². The highest BCUT2D eigenvalue weighted by Gasteiger charge is 2.51. The molecular formula is C20H16O2. The lowest BCUT2D eigenvalue weighted by Crippen LogP contribution is -2.48. The molecule has 0 aliphatic heterocycles. The van der Waals surface area contributed by atoms with Crippen LogP contribution in [0.4, 0.5) is 0 Å². The molecule has 0 heterocycles. The van der Waals surface area contributed by atoms with Gasteiger partial charge in [-0.2, -0.15) is 0 Å². The molecule has 2 heteroatoms. The maximum atomic E-state index is 11.3. The molecule has 108 valence electrons. The summed E-state index contributed by atoms with van der Waals surface area (Å²) in [6.45, 7) is 7.53. The van der Waals surface area contributed by atoms with Crippen LogP contribution in [0.2, 0.25) is 0 Å². The van der Waals surface area contributed by atoms with E-state index in [1.54, 1.807) is 0 Å². The molecule has 1 aliphatic rings. The van der Waals surface area contributed by atoms with Crippen LogP contribution in [0.1, 0.15) is 11.1 Å². The van der Waals surface area contributed by atoms with Crippen molar-refractivity contribution in [1.82, 2.24) is 0 Å². The van der Waals surface area contributed by atoms with E-state index in [9.17, 15) is 10.2 Å². The van der Waals surface area contributed by atoms with E-state index in [0.29, 0.717) is 11.1 Å². The number of aliphatic hydroxyl groups is 2. The number of hydrogen-bond donors (Lipinski definition) is 2. The smallest absolute Gasteiger partial charge is 0.144 e. The van der Waals surface area contributed by atoms with Gasteiger partial charge in [-0.05, 0) is 32.7 Å². The zero-order valence-electron chi connectivity index (χ0n) is 12.1. The molecule has 0 bridgehead atoms. The summed E-state index contributed by atoms with van der Waals surface area (Å²) in [6, 6.07) is 15.5. The molecule has 3 aromatic carbocycles. The van der Waals surface area contributed by atoms with Crippen molar-refractivity contribution >= 4 is 21.5 Å². The fourth-order valence-electron chi connectivity index (χ4n) is 3.73. The number of rotatable bonds is 2. The Balaban J connectivity index is 2.39. The highest BCUT2D eigenvalue weighted by Crippen LogP contribution is 2.52. The van der Waals surface area contributed by atoms with Gasteiger partial charge < -0.3 is 10.2 Å². The summed E-state index contributed by atoms with van der Waals surface area (Å²) >= 11 is 0. The molecule has 1 aliphatic carbocycles. The molecule has 0 fully saturated rings. The second-order valence-electron chi connectivity index (χ2n) is 5.81. The van der Waals surface area contributed by atoms with Gasteiger partial charge in [-0.1, -0.05) is 73.8 Å². The van der Waals surface area contributed by atoms with Gasteiger partial charge in [-0.3, -0.25) is 0 Å². The maximum Gasteiger partial charge on any atom is 0.144 e. The lowest BCUT2D eigenvalue weighted by molar-refractivity contribution is -0.102. The molecule has 0 radical (unpaired) electrons. The number of benzene rings is 3. The highest BCUT2D eigenvalue weighted by atomic mass is 16.4. The molecule has 0 saturated carbocycles. The molecule has 2 nitrogen and oxygen atoms in total. The van der Waals surface area contributed by atoms with Gasteiger partial charge in [0.15, 0.2) is 0 Å². The minimum absolute atomic E-state index is 0.659. The lowest BCUT2D eigenvalue weighted by Gasteiger charge is -2.44. The second-order valence-corrected chi connectivity index (χ2v) is 5.81. The van der Waals surface area contributed by atoms with Gasteiger partial charge in [0.1, 0.15) is 11.2 Å². The van der Waals surface area contributed by atoms with E-state index >= 15 is 0 Å². The first-order chi connectivity index (χ1) is 10.6. The van der Waals surface area contributed by atoms with Crippen LogP contribution in [0.3, 0.4) is 0 Å². The van der Waals surface area contributed by atoms with Crippen LogP contribution in [0.5, 0.6) is 0 Å². The lowest BCUT2D eigenvalue weighted by atomic mass is 9.66. The molecule has 2 N–H and O–H groups in total. The van der Waals surface area contributed by atoms with E-state index in [1.165, 1.54) is 12.2 Å². The molecule has 4 rings (SSSR count). The zero-order chi connectivity index (χ0) is 15.5. The minimum atomic E-state index is -1.61. The normalized spacial score (nSPS) is 26.5. The Hall–Kier alpha value is -2.42. The van der Waals surface area contributed by atoms with Gasteiger partial charge in [0.05, 0.1) is 0 Å². The quantitative estimate of drug-likeness (QED) is 0.557. The van der Waals surface area contributed by atoms with Gasteiger partial charge in [-0.15, -0.1) is 0 Å². The van der Waals surface area contributed by atoms with Crippen molar-refractivity contribution in [3.8, 4) is 0 Å². The van der Waals surface area contributed by atoms with Gasteiger partial charge in [0.2, 0.25) is 0 Å². The largest absolute Gasteiger partial charge is 0.377 e. The third kappa shape index (κ3) is 1.27. The van der Waals surface area contributed by atoms with Crippen molar-refractivity contribution in [3.05, 3.63) is 85.0 Å². The van der Waals surface area contributed by atoms with Crippen molar-refractivity contribution in [2.45, 2.75) is 11.2 Å². The van der Waals surface area contributed by atoms with Crippen molar-refractivity contribution in [3.63, 3.8) is 0 Å². The third-order valence-electron chi connectivity index (χ3n) is 4.88. The summed E-state index contributed by atoms with van der Waals surface area (Å²) in [4.78, 5) is 0. The molecule has 2 unspecified atom stereocenters. The molecule has 22 heavy (non-hydrogen) atoms. The van der Waals surface area contributed by atoms with Gasteiger partial charge in [-0.25, -0.2) is 0 Å². The Bertz CT molecular complexity index is 878. The standard InChI is InChI=1S/C20H16O2/c1-3-19(21)15-9-5-7-13-11-12-14-8-6-10-16(18(14)17(13)15)20(19,22)4-2/h3-12,21-22H,1-2H2. The molecule has 0 spiro atoms. The van der Waals surface area contributed by atoms with Gasteiger partial charge >= 0.3 is 0 Å².